The third kappa shape index (κ3) is 3.72. The van der Waals surface area contributed by atoms with E-state index in [1.54, 1.807) is 6.07 Å². The molecule has 0 saturated carbocycles. The number of hydrogen-bond donors (Lipinski definition) is 2. The third-order valence-corrected chi connectivity index (χ3v) is 4.51. The molecule has 0 saturated heterocycles. The van der Waals surface area contributed by atoms with Crippen LogP contribution >= 0.6 is 0 Å². The zero-order valence-electron chi connectivity index (χ0n) is 14.7. The molecule has 0 fully saturated rings. The summed E-state index contributed by atoms with van der Waals surface area (Å²) in [6, 6.07) is 14.0. The van der Waals surface area contributed by atoms with E-state index in [9.17, 15) is 14.7 Å². The lowest BCUT2D eigenvalue weighted by Crippen LogP contribution is -2.42. The van der Waals surface area contributed by atoms with Crippen LogP contribution in [0.15, 0.2) is 54.7 Å². The van der Waals surface area contributed by atoms with E-state index in [4.69, 9.17) is 0 Å². The normalized spacial score (nSPS) is 11.9. The van der Waals surface area contributed by atoms with Gasteiger partial charge >= 0.3 is 5.97 Å². The Morgan fingerprint density at radius 2 is 1.77 bits per heavy atom. The highest BCUT2D eigenvalue weighted by atomic mass is 16.4. The molecule has 1 atom stereocenters. The van der Waals surface area contributed by atoms with Crippen LogP contribution in [-0.2, 0) is 11.2 Å². The van der Waals surface area contributed by atoms with Gasteiger partial charge in [-0.05, 0) is 42.7 Å². The second-order valence-electron chi connectivity index (χ2n) is 6.36. The summed E-state index contributed by atoms with van der Waals surface area (Å²) in [4.78, 5) is 28.5. The number of amides is 1. The van der Waals surface area contributed by atoms with Crippen molar-refractivity contribution in [3.05, 3.63) is 77.0 Å². The molecule has 5 nitrogen and oxygen atoms in total. The maximum absolute atomic E-state index is 12.5. The monoisotopic (exact) mass is 348 g/mol. The number of carbonyl (C=O) groups is 2. The number of para-hydroxylation sites is 1. The Labute approximate surface area is 151 Å². The number of aromatic nitrogens is 1. The van der Waals surface area contributed by atoms with Gasteiger partial charge in [0.05, 0.1) is 11.1 Å². The summed E-state index contributed by atoms with van der Waals surface area (Å²) in [5, 5.41) is 13.0. The topological polar surface area (TPSA) is 79.3 Å². The number of benzene rings is 2. The number of carboxylic acids is 1. The first kappa shape index (κ1) is 17.6. The minimum atomic E-state index is -1.06. The zero-order valence-corrected chi connectivity index (χ0v) is 14.7. The highest BCUT2D eigenvalue weighted by molar-refractivity contribution is 5.99. The molecular formula is C21H20N2O3. The van der Waals surface area contributed by atoms with E-state index in [2.05, 4.69) is 10.3 Å². The molecule has 26 heavy (non-hydrogen) atoms. The predicted octanol–water partition coefficient (Wildman–Crippen LogP) is 3.28. The van der Waals surface area contributed by atoms with Gasteiger partial charge in [-0.15, -0.1) is 0 Å². The van der Waals surface area contributed by atoms with Gasteiger partial charge in [-0.1, -0.05) is 36.4 Å². The summed E-state index contributed by atoms with van der Waals surface area (Å²) >= 11 is 0. The minimum Gasteiger partial charge on any atom is -0.480 e. The number of carboxylic acid groups (broad SMARTS) is 1. The summed E-state index contributed by atoms with van der Waals surface area (Å²) in [7, 11) is 0. The van der Waals surface area contributed by atoms with Crippen molar-refractivity contribution in [2.24, 2.45) is 0 Å². The lowest BCUT2D eigenvalue weighted by atomic mass is 9.96. The Kier molecular flexibility index (Phi) is 4.98. The Morgan fingerprint density at radius 1 is 1.08 bits per heavy atom. The largest absolute Gasteiger partial charge is 0.480 e. The average molecular weight is 348 g/mol. The molecule has 1 heterocycles. The molecule has 0 aliphatic carbocycles. The SMILES string of the molecule is Cc1cccc(C)c1C[C@@H](NC(=O)c1cnc2ccccc2c1)C(=O)O. The molecule has 2 aromatic carbocycles. The molecule has 0 aliphatic heterocycles. The van der Waals surface area contributed by atoms with Gasteiger partial charge < -0.3 is 10.4 Å². The maximum atomic E-state index is 12.5. The number of rotatable bonds is 5. The van der Waals surface area contributed by atoms with Crippen molar-refractivity contribution in [3.8, 4) is 0 Å². The van der Waals surface area contributed by atoms with Crippen molar-refractivity contribution < 1.29 is 14.7 Å². The van der Waals surface area contributed by atoms with E-state index in [0.717, 1.165) is 27.6 Å². The van der Waals surface area contributed by atoms with Gasteiger partial charge in [0.1, 0.15) is 6.04 Å². The number of nitrogens with one attached hydrogen (secondary N) is 1. The van der Waals surface area contributed by atoms with E-state index >= 15 is 0 Å². The van der Waals surface area contributed by atoms with Gasteiger partial charge in [0.25, 0.3) is 5.91 Å². The lowest BCUT2D eigenvalue weighted by molar-refractivity contribution is -0.139. The molecule has 1 aromatic heterocycles. The Balaban J connectivity index is 1.83. The molecule has 0 aliphatic rings. The quantitative estimate of drug-likeness (QED) is 0.742. The predicted molar refractivity (Wildman–Crippen MR) is 100 cm³/mol. The second-order valence-corrected chi connectivity index (χ2v) is 6.36. The van der Waals surface area contributed by atoms with Crippen LogP contribution in [-0.4, -0.2) is 28.0 Å². The van der Waals surface area contributed by atoms with Crippen LogP contribution in [0, 0.1) is 13.8 Å². The summed E-state index contributed by atoms with van der Waals surface area (Å²) in [6.45, 7) is 3.88. The summed E-state index contributed by atoms with van der Waals surface area (Å²) in [6.07, 6.45) is 1.70. The first-order chi connectivity index (χ1) is 12.5. The molecule has 1 amide bonds. The second kappa shape index (κ2) is 7.35. The molecule has 0 spiro atoms. The number of aryl methyl sites for hydroxylation is 2. The number of pyridine rings is 1. The van der Waals surface area contributed by atoms with Crippen molar-refractivity contribution in [1.29, 1.82) is 0 Å². The van der Waals surface area contributed by atoms with Gasteiger partial charge in [0, 0.05) is 18.0 Å². The van der Waals surface area contributed by atoms with Gasteiger partial charge in [-0.3, -0.25) is 9.78 Å². The molecular weight excluding hydrogens is 328 g/mol. The summed E-state index contributed by atoms with van der Waals surface area (Å²) < 4.78 is 0. The third-order valence-electron chi connectivity index (χ3n) is 4.51. The van der Waals surface area contributed by atoms with Gasteiger partial charge in [0.15, 0.2) is 0 Å². The number of aliphatic carboxylic acids is 1. The fourth-order valence-corrected chi connectivity index (χ4v) is 3.01. The van der Waals surface area contributed by atoms with Crippen LogP contribution < -0.4 is 5.32 Å². The van der Waals surface area contributed by atoms with Gasteiger partial charge in [-0.2, -0.15) is 0 Å². The molecule has 132 valence electrons. The highest BCUT2D eigenvalue weighted by Gasteiger charge is 2.23. The molecule has 3 rings (SSSR count). The van der Waals surface area contributed by atoms with Crippen molar-refractivity contribution in [3.63, 3.8) is 0 Å². The summed E-state index contributed by atoms with van der Waals surface area (Å²) in [5.41, 5.74) is 4.10. The average Bonchev–Trinajstić information content (AvgIpc) is 2.63. The first-order valence-corrected chi connectivity index (χ1v) is 8.39. The van der Waals surface area contributed by atoms with Crippen LogP contribution in [0.2, 0.25) is 0 Å². The van der Waals surface area contributed by atoms with Crippen molar-refractivity contribution in [2.45, 2.75) is 26.3 Å². The maximum Gasteiger partial charge on any atom is 0.326 e. The molecule has 0 unspecified atom stereocenters. The number of nitrogens with zero attached hydrogens (tertiary/aromatic N) is 1. The van der Waals surface area contributed by atoms with E-state index in [0.29, 0.717) is 5.56 Å². The molecule has 0 radical (unpaired) electrons. The van der Waals surface area contributed by atoms with Crippen LogP contribution in [0.25, 0.3) is 10.9 Å². The fourth-order valence-electron chi connectivity index (χ4n) is 3.01. The van der Waals surface area contributed by atoms with Crippen LogP contribution in [0.5, 0.6) is 0 Å². The van der Waals surface area contributed by atoms with Crippen molar-refractivity contribution in [2.75, 3.05) is 0 Å². The van der Waals surface area contributed by atoms with Gasteiger partial charge in [0.2, 0.25) is 0 Å². The Morgan fingerprint density at radius 3 is 2.46 bits per heavy atom. The van der Waals surface area contributed by atoms with E-state index in [-0.39, 0.29) is 6.42 Å². The smallest absolute Gasteiger partial charge is 0.326 e. The van der Waals surface area contributed by atoms with Crippen molar-refractivity contribution >= 4 is 22.8 Å². The van der Waals surface area contributed by atoms with Gasteiger partial charge in [-0.25, -0.2) is 4.79 Å². The summed E-state index contributed by atoms with van der Waals surface area (Å²) in [5.74, 6) is -1.50. The number of hydrogen-bond acceptors (Lipinski definition) is 3. The van der Waals surface area contributed by atoms with E-state index in [1.807, 2.05) is 56.3 Å². The van der Waals surface area contributed by atoms with Crippen LogP contribution in [0.1, 0.15) is 27.0 Å². The molecule has 2 N–H and O–H groups in total. The lowest BCUT2D eigenvalue weighted by Gasteiger charge is -2.17. The fraction of sp³-hybridized carbons (Fsp3) is 0.190. The zero-order chi connectivity index (χ0) is 18.7. The molecule has 3 aromatic rings. The van der Waals surface area contributed by atoms with Crippen molar-refractivity contribution in [1.82, 2.24) is 10.3 Å². The highest BCUT2D eigenvalue weighted by Crippen LogP contribution is 2.17. The molecule has 5 heteroatoms. The number of carbonyl (C=O) groups excluding carboxylic acids is 1. The standard InChI is InChI=1S/C21H20N2O3/c1-13-6-5-7-14(2)17(13)11-19(21(25)26)23-20(24)16-10-15-8-3-4-9-18(15)22-12-16/h3-10,12,19H,11H2,1-2H3,(H,23,24)(H,25,26)/t19-/m1/s1. The Hall–Kier alpha value is -3.21. The van der Waals surface area contributed by atoms with E-state index in [1.165, 1.54) is 6.20 Å². The van der Waals surface area contributed by atoms with E-state index < -0.39 is 17.9 Å². The number of fused-ring (bicyclic) bond motifs is 1. The molecule has 0 bridgehead atoms. The van der Waals surface area contributed by atoms with Crippen LogP contribution in [0.4, 0.5) is 0 Å². The Bertz CT molecular complexity index is 962. The minimum absolute atomic E-state index is 0.237. The first-order valence-electron chi connectivity index (χ1n) is 8.39. The van der Waals surface area contributed by atoms with Crippen LogP contribution in [0.3, 0.4) is 0 Å².